The Labute approximate surface area is 113 Å². The summed E-state index contributed by atoms with van der Waals surface area (Å²) in [7, 11) is 1.87. The number of halogens is 2. The number of benzene rings is 1. The maximum absolute atomic E-state index is 6.13. The van der Waals surface area contributed by atoms with Crippen LogP contribution in [-0.2, 0) is 6.54 Å². The normalized spacial score (nSPS) is 10.4. The highest BCUT2D eigenvalue weighted by atomic mass is 35.5. The van der Waals surface area contributed by atoms with Crippen LogP contribution < -0.4 is 10.1 Å². The zero-order chi connectivity index (χ0) is 12.8. The minimum atomic E-state index is 0.546. The van der Waals surface area contributed by atoms with Gasteiger partial charge in [0.1, 0.15) is 5.75 Å². The van der Waals surface area contributed by atoms with Gasteiger partial charge in [-0.05, 0) is 26.1 Å². The van der Waals surface area contributed by atoms with Gasteiger partial charge in [-0.1, -0.05) is 28.8 Å². The molecule has 0 saturated heterocycles. The third-order valence-electron chi connectivity index (χ3n) is 2.23. The first-order valence-electron chi connectivity index (χ1n) is 5.44. The molecule has 1 N–H and O–H groups in total. The van der Waals surface area contributed by atoms with Crippen molar-refractivity contribution in [2.24, 2.45) is 0 Å². The molecule has 0 aromatic heterocycles. The zero-order valence-corrected chi connectivity index (χ0v) is 11.7. The molecule has 17 heavy (non-hydrogen) atoms. The molecule has 0 heterocycles. The van der Waals surface area contributed by atoms with Crippen molar-refractivity contribution in [1.82, 2.24) is 5.32 Å². The molecule has 0 aliphatic carbocycles. The summed E-state index contributed by atoms with van der Waals surface area (Å²) in [5, 5.41) is 4.23. The van der Waals surface area contributed by atoms with Crippen LogP contribution >= 0.6 is 23.2 Å². The zero-order valence-electron chi connectivity index (χ0n) is 10.1. The summed E-state index contributed by atoms with van der Waals surface area (Å²) in [4.78, 5) is 0. The van der Waals surface area contributed by atoms with Gasteiger partial charge in [-0.15, -0.1) is 6.58 Å². The van der Waals surface area contributed by atoms with Gasteiger partial charge in [-0.2, -0.15) is 0 Å². The van der Waals surface area contributed by atoms with Crippen LogP contribution in [-0.4, -0.2) is 13.7 Å². The molecule has 1 rings (SSSR count). The molecule has 1 aromatic carbocycles. The SMILES string of the molecule is C=C(C)CCOc1c(Cl)cc(Cl)cc1CNC. The average Bonchev–Trinajstić information content (AvgIpc) is 2.21. The number of rotatable bonds is 6. The molecular formula is C13H17Cl2NO. The monoisotopic (exact) mass is 273 g/mol. The van der Waals surface area contributed by atoms with Crippen molar-refractivity contribution in [2.75, 3.05) is 13.7 Å². The highest BCUT2D eigenvalue weighted by molar-refractivity contribution is 6.35. The van der Waals surface area contributed by atoms with Crippen molar-refractivity contribution >= 4 is 23.2 Å². The van der Waals surface area contributed by atoms with Crippen molar-refractivity contribution in [3.05, 3.63) is 39.9 Å². The molecule has 2 nitrogen and oxygen atoms in total. The number of hydrogen-bond donors (Lipinski definition) is 1. The summed E-state index contributed by atoms with van der Waals surface area (Å²) in [5.74, 6) is 0.701. The molecule has 0 atom stereocenters. The first-order valence-corrected chi connectivity index (χ1v) is 6.20. The molecule has 94 valence electrons. The predicted octanol–water partition coefficient (Wildman–Crippen LogP) is 4.06. The van der Waals surface area contributed by atoms with Gasteiger partial charge in [0.25, 0.3) is 0 Å². The van der Waals surface area contributed by atoms with Gasteiger partial charge in [0.2, 0.25) is 0 Å². The summed E-state index contributed by atoms with van der Waals surface area (Å²) in [6.45, 7) is 7.05. The Bertz CT molecular complexity index is 405. The van der Waals surface area contributed by atoms with E-state index in [4.69, 9.17) is 27.9 Å². The van der Waals surface area contributed by atoms with E-state index in [1.165, 1.54) is 0 Å². The Hall–Kier alpha value is -0.700. The number of hydrogen-bond acceptors (Lipinski definition) is 2. The van der Waals surface area contributed by atoms with Crippen LogP contribution in [0, 0.1) is 0 Å². The lowest BCUT2D eigenvalue weighted by Crippen LogP contribution is -2.08. The average molecular weight is 274 g/mol. The standard InChI is InChI=1S/C13H17Cl2NO/c1-9(2)4-5-17-13-10(8-16-3)6-11(14)7-12(13)15/h6-7,16H,1,4-5,8H2,2-3H3. The van der Waals surface area contributed by atoms with Crippen molar-refractivity contribution < 1.29 is 4.74 Å². The lowest BCUT2D eigenvalue weighted by atomic mass is 10.2. The summed E-state index contributed by atoms with van der Waals surface area (Å²) >= 11 is 12.1. The number of ether oxygens (including phenoxy) is 1. The van der Waals surface area contributed by atoms with Gasteiger partial charge in [-0.25, -0.2) is 0 Å². The quantitative estimate of drug-likeness (QED) is 0.790. The van der Waals surface area contributed by atoms with Gasteiger partial charge in [0.05, 0.1) is 11.6 Å². The Balaban J connectivity index is 2.83. The van der Waals surface area contributed by atoms with E-state index in [0.717, 1.165) is 17.6 Å². The van der Waals surface area contributed by atoms with Crippen molar-refractivity contribution in [3.8, 4) is 5.75 Å². The van der Waals surface area contributed by atoms with Crippen LogP contribution in [0.1, 0.15) is 18.9 Å². The molecule has 0 aliphatic rings. The maximum atomic E-state index is 6.13. The Morgan fingerprint density at radius 1 is 1.41 bits per heavy atom. The van der Waals surface area contributed by atoms with E-state index in [2.05, 4.69) is 11.9 Å². The van der Waals surface area contributed by atoms with Gasteiger partial charge < -0.3 is 10.1 Å². The van der Waals surface area contributed by atoms with Gasteiger partial charge in [0.15, 0.2) is 0 Å². The van der Waals surface area contributed by atoms with E-state index < -0.39 is 0 Å². The highest BCUT2D eigenvalue weighted by Crippen LogP contribution is 2.32. The topological polar surface area (TPSA) is 21.3 Å². The van der Waals surface area contributed by atoms with Gasteiger partial charge in [-0.3, -0.25) is 0 Å². The molecule has 0 radical (unpaired) electrons. The van der Waals surface area contributed by atoms with Crippen LogP contribution in [0.15, 0.2) is 24.3 Å². The predicted molar refractivity (Wildman–Crippen MR) is 74.2 cm³/mol. The van der Waals surface area contributed by atoms with Crippen molar-refractivity contribution in [3.63, 3.8) is 0 Å². The maximum Gasteiger partial charge on any atom is 0.142 e. The fraction of sp³-hybridized carbons (Fsp3) is 0.385. The second kappa shape index (κ2) is 6.90. The van der Waals surface area contributed by atoms with E-state index in [0.29, 0.717) is 28.9 Å². The minimum absolute atomic E-state index is 0.546. The van der Waals surface area contributed by atoms with E-state index in [1.807, 2.05) is 20.0 Å². The minimum Gasteiger partial charge on any atom is -0.491 e. The van der Waals surface area contributed by atoms with E-state index >= 15 is 0 Å². The molecule has 0 spiro atoms. The summed E-state index contributed by atoms with van der Waals surface area (Å²) in [5.41, 5.74) is 2.05. The van der Waals surface area contributed by atoms with Gasteiger partial charge >= 0.3 is 0 Å². The fourth-order valence-electron chi connectivity index (χ4n) is 1.42. The third-order valence-corrected chi connectivity index (χ3v) is 2.73. The highest BCUT2D eigenvalue weighted by Gasteiger charge is 2.10. The van der Waals surface area contributed by atoms with E-state index in [1.54, 1.807) is 6.07 Å². The lowest BCUT2D eigenvalue weighted by Gasteiger charge is -2.13. The molecular weight excluding hydrogens is 257 g/mol. The smallest absolute Gasteiger partial charge is 0.142 e. The van der Waals surface area contributed by atoms with Crippen LogP contribution in [0.3, 0.4) is 0 Å². The van der Waals surface area contributed by atoms with E-state index in [-0.39, 0.29) is 0 Å². The van der Waals surface area contributed by atoms with Crippen LogP contribution in [0.25, 0.3) is 0 Å². The molecule has 0 unspecified atom stereocenters. The first kappa shape index (κ1) is 14.4. The van der Waals surface area contributed by atoms with Gasteiger partial charge in [0, 0.05) is 23.6 Å². The lowest BCUT2D eigenvalue weighted by molar-refractivity contribution is 0.318. The van der Waals surface area contributed by atoms with E-state index in [9.17, 15) is 0 Å². The molecule has 0 aliphatic heterocycles. The Morgan fingerprint density at radius 2 is 2.12 bits per heavy atom. The molecule has 4 heteroatoms. The fourth-order valence-corrected chi connectivity index (χ4v) is 2.01. The molecule has 0 fully saturated rings. The van der Waals surface area contributed by atoms with Crippen LogP contribution in [0.2, 0.25) is 10.0 Å². The molecule has 0 amide bonds. The molecule has 0 saturated carbocycles. The summed E-state index contributed by atoms with van der Waals surface area (Å²) in [6.07, 6.45) is 0.817. The van der Waals surface area contributed by atoms with Crippen LogP contribution in [0.4, 0.5) is 0 Å². The van der Waals surface area contributed by atoms with Crippen molar-refractivity contribution in [1.29, 1.82) is 0 Å². The summed E-state index contributed by atoms with van der Waals surface area (Å²) in [6, 6.07) is 3.55. The largest absolute Gasteiger partial charge is 0.491 e. The third kappa shape index (κ3) is 4.58. The van der Waals surface area contributed by atoms with Crippen molar-refractivity contribution in [2.45, 2.75) is 19.9 Å². The molecule has 1 aromatic rings. The van der Waals surface area contributed by atoms with Crippen LogP contribution in [0.5, 0.6) is 5.75 Å². The second-order valence-corrected chi connectivity index (χ2v) is 4.81. The second-order valence-electron chi connectivity index (χ2n) is 3.96. The first-order chi connectivity index (χ1) is 8.04. The molecule has 0 bridgehead atoms. The Kier molecular flexibility index (Phi) is 5.83. The number of nitrogens with one attached hydrogen (secondary N) is 1. The summed E-state index contributed by atoms with van der Waals surface area (Å²) < 4.78 is 5.69. The Morgan fingerprint density at radius 3 is 2.71 bits per heavy atom.